The largest absolute Gasteiger partial charge is 0.355 e. The molecule has 18 heavy (non-hydrogen) atoms. The first-order valence-corrected chi connectivity index (χ1v) is 8.56. The minimum atomic E-state index is 0.230. The van der Waals surface area contributed by atoms with Crippen molar-refractivity contribution >= 4 is 21.8 Å². The van der Waals surface area contributed by atoms with E-state index in [0.29, 0.717) is 11.2 Å². The van der Waals surface area contributed by atoms with E-state index in [2.05, 4.69) is 28.2 Å². The maximum absolute atomic E-state index is 11.6. The number of alkyl halides is 1. The van der Waals surface area contributed by atoms with E-state index >= 15 is 0 Å². The van der Waals surface area contributed by atoms with Gasteiger partial charge in [-0.1, -0.05) is 61.4 Å². The Morgan fingerprint density at radius 3 is 2.39 bits per heavy atom. The fraction of sp³-hybridized carbons (Fsp3) is 0.933. The van der Waals surface area contributed by atoms with E-state index in [1.807, 2.05) is 0 Å². The first kappa shape index (κ1) is 16.0. The average molecular weight is 318 g/mol. The molecule has 1 rings (SSSR count). The molecule has 0 aliphatic heterocycles. The van der Waals surface area contributed by atoms with Gasteiger partial charge >= 0.3 is 0 Å². The Morgan fingerprint density at radius 2 is 1.78 bits per heavy atom. The van der Waals surface area contributed by atoms with E-state index in [0.717, 1.165) is 18.9 Å². The second kappa shape index (κ2) is 9.82. The van der Waals surface area contributed by atoms with Crippen LogP contribution in [0.25, 0.3) is 0 Å². The number of halogens is 1. The van der Waals surface area contributed by atoms with Crippen LogP contribution in [0.2, 0.25) is 0 Å². The lowest BCUT2D eigenvalue weighted by molar-refractivity contribution is -0.121. The monoisotopic (exact) mass is 317 g/mol. The summed E-state index contributed by atoms with van der Waals surface area (Å²) in [7, 11) is 0. The Balaban J connectivity index is 1.84. The van der Waals surface area contributed by atoms with Crippen molar-refractivity contribution in [2.24, 2.45) is 5.92 Å². The summed E-state index contributed by atoms with van der Waals surface area (Å²) in [5, 5.41) is 3.03. The highest BCUT2D eigenvalue weighted by Gasteiger charge is 2.29. The third-order valence-corrected chi connectivity index (χ3v) is 4.71. The van der Waals surface area contributed by atoms with E-state index in [1.165, 1.54) is 51.4 Å². The van der Waals surface area contributed by atoms with Crippen LogP contribution in [-0.4, -0.2) is 17.3 Å². The Bertz CT molecular complexity index is 229. The van der Waals surface area contributed by atoms with E-state index in [4.69, 9.17) is 0 Å². The molecule has 0 saturated heterocycles. The zero-order valence-corrected chi connectivity index (χ0v) is 13.3. The van der Waals surface area contributed by atoms with Crippen molar-refractivity contribution < 1.29 is 4.79 Å². The van der Waals surface area contributed by atoms with Gasteiger partial charge in [-0.05, 0) is 25.2 Å². The summed E-state index contributed by atoms with van der Waals surface area (Å²) < 4.78 is 0. The van der Waals surface area contributed by atoms with Crippen LogP contribution in [0, 0.1) is 5.92 Å². The van der Waals surface area contributed by atoms with Gasteiger partial charge in [0.2, 0.25) is 5.91 Å². The van der Waals surface area contributed by atoms with Gasteiger partial charge in [0, 0.05) is 17.8 Å². The molecule has 0 spiro atoms. The predicted octanol–water partition coefficient (Wildman–Crippen LogP) is 4.42. The van der Waals surface area contributed by atoms with Crippen molar-refractivity contribution in [3.8, 4) is 0 Å². The maximum Gasteiger partial charge on any atom is 0.220 e. The molecular weight excluding hydrogens is 290 g/mol. The summed E-state index contributed by atoms with van der Waals surface area (Å²) in [5.41, 5.74) is 0. The van der Waals surface area contributed by atoms with Gasteiger partial charge in [0.15, 0.2) is 0 Å². The quantitative estimate of drug-likeness (QED) is 0.443. The zero-order chi connectivity index (χ0) is 13.2. The minimum absolute atomic E-state index is 0.230. The van der Waals surface area contributed by atoms with E-state index in [9.17, 15) is 4.79 Å². The highest BCUT2D eigenvalue weighted by Crippen LogP contribution is 2.36. The minimum Gasteiger partial charge on any atom is -0.355 e. The van der Waals surface area contributed by atoms with Crippen LogP contribution in [0.5, 0.6) is 0 Å². The first-order valence-electron chi connectivity index (χ1n) is 7.64. The molecule has 0 bridgehead atoms. The molecule has 0 aromatic rings. The summed E-state index contributed by atoms with van der Waals surface area (Å²) in [6.07, 6.45) is 12.2. The number of amides is 1. The van der Waals surface area contributed by atoms with E-state index in [-0.39, 0.29) is 5.91 Å². The van der Waals surface area contributed by atoms with Gasteiger partial charge in [-0.25, -0.2) is 0 Å². The molecule has 1 aliphatic rings. The number of rotatable bonds is 11. The van der Waals surface area contributed by atoms with Crippen LogP contribution < -0.4 is 5.32 Å². The molecule has 1 amide bonds. The summed E-state index contributed by atoms with van der Waals surface area (Å²) in [6, 6.07) is 0. The fourth-order valence-corrected chi connectivity index (χ4v) is 2.86. The molecule has 0 radical (unpaired) electrons. The lowest BCUT2D eigenvalue weighted by Gasteiger charge is -2.09. The average Bonchev–Trinajstić information content (AvgIpc) is 3.19. The van der Waals surface area contributed by atoms with Gasteiger partial charge in [-0.15, -0.1) is 0 Å². The van der Waals surface area contributed by atoms with Gasteiger partial charge in [0.05, 0.1) is 0 Å². The summed E-state index contributed by atoms with van der Waals surface area (Å²) in [6.45, 7) is 3.04. The van der Waals surface area contributed by atoms with Crippen LogP contribution in [0.4, 0.5) is 0 Å². The number of carbonyl (C=O) groups excluding carboxylic acids is 1. The highest BCUT2D eigenvalue weighted by molar-refractivity contribution is 9.09. The Kier molecular flexibility index (Phi) is 8.74. The fourth-order valence-electron chi connectivity index (χ4n) is 2.17. The predicted molar refractivity (Wildman–Crippen MR) is 81.1 cm³/mol. The molecule has 1 atom stereocenters. The zero-order valence-electron chi connectivity index (χ0n) is 11.7. The second-order valence-corrected chi connectivity index (χ2v) is 6.70. The van der Waals surface area contributed by atoms with E-state index in [1.54, 1.807) is 0 Å². The number of unbranched alkanes of at least 4 members (excludes halogenated alkanes) is 6. The lowest BCUT2D eigenvalue weighted by Crippen LogP contribution is -2.30. The molecule has 1 N–H and O–H groups in total. The Morgan fingerprint density at radius 1 is 1.17 bits per heavy atom. The van der Waals surface area contributed by atoms with Crippen molar-refractivity contribution in [2.75, 3.05) is 6.54 Å². The third kappa shape index (κ3) is 8.12. The van der Waals surface area contributed by atoms with Crippen molar-refractivity contribution in [1.29, 1.82) is 0 Å². The molecule has 2 nitrogen and oxygen atoms in total. The smallest absolute Gasteiger partial charge is 0.220 e. The van der Waals surface area contributed by atoms with Crippen molar-refractivity contribution in [1.82, 2.24) is 5.32 Å². The number of carbonyl (C=O) groups is 1. The molecular formula is C15H28BrNO. The van der Waals surface area contributed by atoms with Gasteiger partial charge < -0.3 is 5.32 Å². The molecule has 1 fully saturated rings. The van der Waals surface area contributed by atoms with Crippen LogP contribution >= 0.6 is 15.9 Å². The first-order chi connectivity index (χ1) is 8.74. The third-order valence-electron chi connectivity index (χ3n) is 3.64. The highest BCUT2D eigenvalue weighted by atomic mass is 79.9. The summed E-state index contributed by atoms with van der Waals surface area (Å²) in [5.74, 6) is 1.04. The molecule has 0 aromatic heterocycles. The topological polar surface area (TPSA) is 29.1 Å². The molecule has 1 aliphatic carbocycles. The molecule has 0 heterocycles. The van der Waals surface area contributed by atoms with Crippen molar-refractivity contribution in [3.05, 3.63) is 0 Å². The molecule has 3 heteroatoms. The number of hydrogen-bond acceptors (Lipinski definition) is 1. The molecule has 0 aromatic carbocycles. The summed E-state index contributed by atoms with van der Waals surface area (Å²) in [4.78, 5) is 12.1. The van der Waals surface area contributed by atoms with Crippen LogP contribution in [0.3, 0.4) is 0 Å². The van der Waals surface area contributed by atoms with Crippen LogP contribution in [0.1, 0.15) is 71.1 Å². The van der Waals surface area contributed by atoms with Gasteiger partial charge in [0.25, 0.3) is 0 Å². The normalized spacial score (nSPS) is 16.6. The summed E-state index contributed by atoms with van der Waals surface area (Å²) >= 11 is 3.64. The Labute approximate surface area is 120 Å². The standard InChI is InChI=1S/C15H28BrNO/c1-2-3-4-5-6-7-8-9-15(18)17-12-14(16)13-10-11-13/h13-14H,2-12H2,1H3,(H,17,18). The van der Waals surface area contributed by atoms with Crippen LogP contribution in [0.15, 0.2) is 0 Å². The lowest BCUT2D eigenvalue weighted by atomic mass is 10.1. The van der Waals surface area contributed by atoms with Gasteiger partial charge in [-0.3, -0.25) is 4.79 Å². The van der Waals surface area contributed by atoms with E-state index < -0.39 is 0 Å². The Hall–Kier alpha value is -0.0500. The maximum atomic E-state index is 11.6. The van der Waals surface area contributed by atoms with Gasteiger partial charge in [0.1, 0.15) is 0 Å². The SMILES string of the molecule is CCCCCCCCCC(=O)NCC(Br)C1CC1. The molecule has 106 valence electrons. The molecule has 1 unspecified atom stereocenters. The van der Waals surface area contributed by atoms with Crippen LogP contribution in [-0.2, 0) is 4.79 Å². The van der Waals surface area contributed by atoms with Gasteiger partial charge in [-0.2, -0.15) is 0 Å². The van der Waals surface area contributed by atoms with Crippen molar-refractivity contribution in [3.63, 3.8) is 0 Å². The number of nitrogens with one attached hydrogen (secondary N) is 1. The number of hydrogen-bond donors (Lipinski definition) is 1. The second-order valence-electron chi connectivity index (χ2n) is 5.53. The van der Waals surface area contributed by atoms with Crippen molar-refractivity contribution in [2.45, 2.75) is 76.0 Å². The molecule has 1 saturated carbocycles.